The zero-order valence-corrected chi connectivity index (χ0v) is 11.2. The molecular weight excluding hydrogens is 268 g/mol. The van der Waals surface area contributed by atoms with Crippen molar-refractivity contribution in [2.45, 2.75) is 31.9 Å². The molecule has 0 amide bonds. The first-order valence-electron chi connectivity index (χ1n) is 6.49. The topological polar surface area (TPSA) is 49.8 Å². The van der Waals surface area contributed by atoms with Crippen LogP contribution in [0.2, 0.25) is 0 Å². The molecule has 1 aromatic carbocycles. The van der Waals surface area contributed by atoms with E-state index < -0.39 is 18.1 Å². The Labute approximate surface area is 116 Å². The average Bonchev–Trinajstić information content (AvgIpc) is 2.91. The molecule has 0 aliphatic carbocycles. The third-order valence-corrected chi connectivity index (χ3v) is 3.78. The van der Waals surface area contributed by atoms with Crippen molar-refractivity contribution in [3.63, 3.8) is 0 Å². The summed E-state index contributed by atoms with van der Waals surface area (Å²) in [4.78, 5) is 13.6. The Bertz CT molecular complexity index is 489. The van der Waals surface area contributed by atoms with Crippen molar-refractivity contribution in [1.82, 2.24) is 4.90 Å². The van der Waals surface area contributed by atoms with Crippen molar-refractivity contribution < 1.29 is 23.4 Å². The van der Waals surface area contributed by atoms with Crippen LogP contribution in [0.15, 0.2) is 24.3 Å². The molecule has 1 aromatic rings. The van der Waals surface area contributed by atoms with Gasteiger partial charge in [-0.25, -0.2) is 4.79 Å². The summed E-state index contributed by atoms with van der Waals surface area (Å²) in [6.45, 7) is -0.181. The minimum Gasteiger partial charge on any atom is -0.480 e. The number of carbonyl (C=O) groups is 1. The second-order valence-corrected chi connectivity index (χ2v) is 4.95. The Hall–Kier alpha value is -1.69. The van der Waals surface area contributed by atoms with Gasteiger partial charge in [-0.05, 0) is 38.9 Å². The molecule has 1 fully saturated rings. The summed E-state index contributed by atoms with van der Waals surface area (Å²) < 4.78 is 29.4. The molecule has 0 radical (unpaired) electrons. The summed E-state index contributed by atoms with van der Waals surface area (Å²) in [6.07, 6.45) is 1.81. The van der Waals surface area contributed by atoms with Crippen molar-refractivity contribution in [2.24, 2.45) is 0 Å². The predicted molar refractivity (Wildman–Crippen MR) is 68.9 cm³/mol. The second kappa shape index (κ2) is 5.75. The molecule has 110 valence electrons. The fraction of sp³-hybridized carbons (Fsp3) is 0.500. The minimum absolute atomic E-state index is 0.0840. The molecule has 2 rings (SSSR count). The van der Waals surface area contributed by atoms with Crippen LogP contribution in [-0.4, -0.2) is 35.7 Å². The van der Waals surface area contributed by atoms with Crippen LogP contribution in [0.5, 0.6) is 5.75 Å². The molecule has 4 nitrogen and oxygen atoms in total. The smallest absolute Gasteiger partial charge is 0.387 e. The summed E-state index contributed by atoms with van der Waals surface area (Å²) in [5.74, 6) is -1.15. The first kappa shape index (κ1) is 14.7. The van der Waals surface area contributed by atoms with Gasteiger partial charge in [-0.2, -0.15) is 8.78 Å². The molecule has 0 spiro atoms. The number of benzene rings is 1. The molecule has 0 saturated carbocycles. The van der Waals surface area contributed by atoms with Crippen LogP contribution in [0.25, 0.3) is 0 Å². The third-order valence-electron chi connectivity index (χ3n) is 3.78. The number of likely N-dealkylation sites (tertiary alicyclic amines) is 1. The van der Waals surface area contributed by atoms with Gasteiger partial charge in [-0.15, -0.1) is 0 Å². The fourth-order valence-electron chi connectivity index (χ4n) is 2.65. The molecule has 1 aliphatic rings. The van der Waals surface area contributed by atoms with E-state index in [2.05, 4.69) is 4.74 Å². The summed E-state index contributed by atoms with van der Waals surface area (Å²) in [5.41, 5.74) is -1.10. The molecule has 6 heteroatoms. The average molecular weight is 285 g/mol. The molecule has 1 heterocycles. The highest BCUT2D eigenvalue weighted by Crippen LogP contribution is 2.37. The zero-order chi connectivity index (χ0) is 14.8. The van der Waals surface area contributed by atoms with E-state index in [-0.39, 0.29) is 11.3 Å². The van der Waals surface area contributed by atoms with Gasteiger partial charge in [0, 0.05) is 5.56 Å². The van der Waals surface area contributed by atoms with Crippen LogP contribution >= 0.6 is 0 Å². The minimum atomic E-state index is -2.98. The number of ether oxygens (including phenoxy) is 1. The van der Waals surface area contributed by atoms with Crippen LogP contribution in [0.4, 0.5) is 8.78 Å². The van der Waals surface area contributed by atoms with E-state index in [0.29, 0.717) is 13.1 Å². The lowest BCUT2D eigenvalue weighted by atomic mass is 9.89. The van der Waals surface area contributed by atoms with E-state index in [1.807, 2.05) is 0 Å². The lowest BCUT2D eigenvalue weighted by molar-refractivity contribution is -0.151. The molecule has 0 aromatic heterocycles. The Morgan fingerprint density at radius 2 is 1.95 bits per heavy atom. The van der Waals surface area contributed by atoms with Crippen molar-refractivity contribution >= 4 is 5.97 Å². The van der Waals surface area contributed by atoms with Crippen molar-refractivity contribution in [2.75, 3.05) is 13.1 Å². The highest BCUT2D eigenvalue weighted by Gasteiger charge is 2.44. The molecule has 0 bridgehead atoms. The van der Waals surface area contributed by atoms with E-state index in [1.54, 1.807) is 17.0 Å². The maximum absolute atomic E-state index is 12.5. The number of alkyl halides is 2. The number of hydrogen-bond acceptors (Lipinski definition) is 3. The highest BCUT2D eigenvalue weighted by molar-refractivity contribution is 5.81. The number of carboxylic acid groups (broad SMARTS) is 1. The second-order valence-electron chi connectivity index (χ2n) is 4.95. The number of para-hydroxylation sites is 1. The molecule has 1 aliphatic heterocycles. The van der Waals surface area contributed by atoms with Gasteiger partial charge in [0.05, 0.1) is 0 Å². The summed E-state index contributed by atoms with van der Waals surface area (Å²) in [7, 11) is 0. The summed E-state index contributed by atoms with van der Waals surface area (Å²) >= 11 is 0. The largest absolute Gasteiger partial charge is 0.480 e. The number of halogens is 2. The Kier molecular flexibility index (Phi) is 4.23. The van der Waals surface area contributed by atoms with Gasteiger partial charge in [0.1, 0.15) is 11.3 Å². The van der Waals surface area contributed by atoms with E-state index in [9.17, 15) is 18.7 Å². The molecule has 1 saturated heterocycles. The number of hydrogen-bond donors (Lipinski definition) is 1. The normalized spacial score (nSPS) is 19.0. The quantitative estimate of drug-likeness (QED) is 0.903. The van der Waals surface area contributed by atoms with Crippen LogP contribution in [0.3, 0.4) is 0 Å². The number of carboxylic acids is 1. The van der Waals surface area contributed by atoms with Crippen LogP contribution < -0.4 is 4.74 Å². The van der Waals surface area contributed by atoms with E-state index >= 15 is 0 Å². The summed E-state index contributed by atoms with van der Waals surface area (Å²) in [6, 6.07) is 6.08. The molecular formula is C14H17F2NO3. The van der Waals surface area contributed by atoms with Crippen LogP contribution in [-0.2, 0) is 10.3 Å². The number of aliphatic carboxylic acids is 1. The predicted octanol–water partition coefficient (Wildman–Crippen LogP) is 2.68. The van der Waals surface area contributed by atoms with Crippen LogP contribution in [0.1, 0.15) is 25.3 Å². The highest BCUT2D eigenvalue weighted by atomic mass is 19.3. The van der Waals surface area contributed by atoms with Crippen LogP contribution in [0, 0.1) is 0 Å². The van der Waals surface area contributed by atoms with Gasteiger partial charge < -0.3 is 9.84 Å². The van der Waals surface area contributed by atoms with Crippen molar-refractivity contribution in [3.8, 4) is 5.75 Å². The van der Waals surface area contributed by atoms with Gasteiger partial charge in [-0.3, -0.25) is 4.90 Å². The zero-order valence-electron chi connectivity index (χ0n) is 11.2. The molecule has 1 N–H and O–H groups in total. The van der Waals surface area contributed by atoms with E-state index in [4.69, 9.17) is 0 Å². The van der Waals surface area contributed by atoms with Gasteiger partial charge in [-0.1, -0.05) is 18.2 Å². The SMILES string of the molecule is CC(C(=O)O)(c1ccccc1OC(F)F)N1CCCC1. The maximum atomic E-state index is 12.5. The Balaban J connectivity index is 2.46. The molecule has 1 unspecified atom stereocenters. The van der Waals surface area contributed by atoms with Gasteiger partial charge in [0.25, 0.3) is 0 Å². The van der Waals surface area contributed by atoms with E-state index in [1.165, 1.54) is 19.1 Å². The Morgan fingerprint density at radius 3 is 2.50 bits per heavy atom. The number of nitrogens with zero attached hydrogens (tertiary/aromatic N) is 1. The summed E-state index contributed by atoms with van der Waals surface area (Å²) in [5, 5.41) is 9.62. The third kappa shape index (κ3) is 2.60. The maximum Gasteiger partial charge on any atom is 0.387 e. The van der Waals surface area contributed by atoms with Gasteiger partial charge >= 0.3 is 12.6 Å². The van der Waals surface area contributed by atoms with Crippen molar-refractivity contribution in [1.29, 1.82) is 0 Å². The number of rotatable bonds is 5. The van der Waals surface area contributed by atoms with Gasteiger partial charge in [0.15, 0.2) is 0 Å². The van der Waals surface area contributed by atoms with E-state index in [0.717, 1.165) is 12.8 Å². The Morgan fingerprint density at radius 1 is 1.35 bits per heavy atom. The first-order valence-corrected chi connectivity index (χ1v) is 6.49. The molecule has 1 atom stereocenters. The standard InChI is InChI=1S/C14H17F2NO3/c1-14(12(18)19,17-8-4-5-9-17)10-6-2-3-7-11(10)20-13(15)16/h2-3,6-7,13H,4-5,8-9H2,1H3,(H,18,19). The monoisotopic (exact) mass is 285 g/mol. The van der Waals surface area contributed by atoms with Crippen molar-refractivity contribution in [3.05, 3.63) is 29.8 Å². The molecule has 20 heavy (non-hydrogen) atoms. The lowest BCUT2D eigenvalue weighted by Gasteiger charge is -2.36. The fourth-order valence-corrected chi connectivity index (χ4v) is 2.65. The van der Waals surface area contributed by atoms with Gasteiger partial charge in [0.2, 0.25) is 0 Å². The first-order chi connectivity index (χ1) is 9.46. The lowest BCUT2D eigenvalue weighted by Crippen LogP contribution is -2.48.